The van der Waals surface area contributed by atoms with E-state index in [1.54, 1.807) is 0 Å². The quantitative estimate of drug-likeness (QED) is 0.694. The Kier molecular flexibility index (Phi) is 6.95. The van der Waals surface area contributed by atoms with Crippen molar-refractivity contribution in [1.29, 1.82) is 0 Å². The maximum Gasteiger partial charge on any atom is 0.0320 e. The highest BCUT2D eigenvalue weighted by Gasteiger charge is 2.09. The van der Waals surface area contributed by atoms with Gasteiger partial charge in [0.2, 0.25) is 0 Å². The summed E-state index contributed by atoms with van der Waals surface area (Å²) in [6, 6.07) is 11.4. The molecule has 1 aromatic rings. The van der Waals surface area contributed by atoms with Crippen LogP contribution >= 0.6 is 0 Å². The molecule has 1 aromatic carbocycles. The summed E-state index contributed by atoms with van der Waals surface area (Å²) in [6.07, 6.45) is 5.23. The van der Waals surface area contributed by atoms with Gasteiger partial charge >= 0.3 is 0 Å². The van der Waals surface area contributed by atoms with Crippen LogP contribution in [-0.2, 0) is 0 Å². The maximum absolute atomic E-state index is 3.59. The summed E-state index contributed by atoms with van der Waals surface area (Å²) < 4.78 is 0. The van der Waals surface area contributed by atoms with Crippen molar-refractivity contribution in [1.82, 2.24) is 5.32 Å². The van der Waals surface area contributed by atoms with E-state index in [0.29, 0.717) is 6.04 Å². The Balaban J connectivity index is 2.44. The van der Waals surface area contributed by atoms with Gasteiger partial charge in [-0.15, -0.1) is 0 Å². The molecule has 17 heavy (non-hydrogen) atoms. The molecule has 0 aromatic heterocycles. The van der Waals surface area contributed by atoms with Gasteiger partial charge in [0.25, 0.3) is 0 Å². The molecule has 0 spiro atoms. The molecule has 0 heterocycles. The predicted octanol–water partition coefficient (Wildman–Crippen LogP) is 4.55. The summed E-state index contributed by atoms with van der Waals surface area (Å²) in [5.74, 6) is 0.869. The number of rotatable bonds is 8. The summed E-state index contributed by atoms with van der Waals surface area (Å²) in [6.45, 7) is 7.86. The Morgan fingerprint density at radius 2 is 1.76 bits per heavy atom. The monoisotopic (exact) mass is 233 g/mol. The lowest BCUT2D eigenvalue weighted by Crippen LogP contribution is -2.20. The Hall–Kier alpha value is -0.820. The van der Waals surface area contributed by atoms with Gasteiger partial charge in [0.1, 0.15) is 0 Å². The van der Waals surface area contributed by atoms with Gasteiger partial charge in [-0.2, -0.15) is 0 Å². The Bertz CT molecular complexity index is 281. The van der Waals surface area contributed by atoms with Crippen molar-refractivity contribution < 1.29 is 0 Å². The van der Waals surface area contributed by atoms with Gasteiger partial charge in [0.05, 0.1) is 0 Å². The first-order chi connectivity index (χ1) is 8.27. The molecule has 0 aliphatic carbocycles. The molecule has 1 rings (SSSR count). The minimum atomic E-state index is 0.533. The summed E-state index contributed by atoms with van der Waals surface area (Å²) in [7, 11) is 0. The molecule has 0 radical (unpaired) electrons. The lowest BCUT2D eigenvalue weighted by Gasteiger charge is -2.19. The van der Waals surface area contributed by atoms with Crippen molar-refractivity contribution in [3.8, 4) is 0 Å². The van der Waals surface area contributed by atoms with Gasteiger partial charge in [0.15, 0.2) is 0 Å². The zero-order chi connectivity index (χ0) is 12.5. The van der Waals surface area contributed by atoms with E-state index in [0.717, 1.165) is 12.5 Å². The fourth-order valence-electron chi connectivity index (χ4n) is 2.19. The summed E-state index contributed by atoms with van der Waals surface area (Å²) in [5, 5.41) is 3.59. The molecule has 0 aliphatic heterocycles. The van der Waals surface area contributed by atoms with Crippen molar-refractivity contribution >= 4 is 0 Å². The zero-order valence-corrected chi connectivity index (χ0v) is 11.6. The highest BCUT2D eigenvalue weighted by molar-refractivity contribution is 5.18. The van der Waals surface area contributed by atoms with Crippen LogP contribution in [0.1, 0.15) is 58.1 Å². The second kappa shape index (κ2) is 8.30. The average molecular weight is 233 g/mol. The van der Waals surface area contributed by atoms with Crippen LogP contribution in [0.4, 0.5) is 0 Å². The summed E-state index contributed by atoms with van der Waals surface area (Å²) in [4.78, 5) is 0. The molecular formula is C16H27N. The van der Waals surface area contributed by atoms with Gasteiger partial charge in [-0.05, 0) is 24.4 Å². The van der Waals surface area contributed by atoms with E-state index in [1.807, 2.05) is 0 Å². The molecule has 0 saturated heterocycles. The van der Waals surface area contributed by atoms with Crippen LogP contribution in [0.2, 0.25) is 0 Å². The molecule has 0 amide bonds. The molecule has 1 nitrogen and oxygen atoms in total. The minimum absolute atomic E-state index is 0.533. The largest absolute Gasteiger partial charge is 0.310 e. The Morgan fingerprint density at radius 1 is 1.06 bits per heavy atom. The first-order valence-corrected chi connectivity index (χ1v) is 7.06. The van der Waals surface area contributed by atoms with Crippen LogP contribution < -0.4 is 5.32 Å². The lowest BCUT2D eigenvalue weighted by molar-refractivity contribution is 0.434. The van der Waals surface area contributed by atoms with Gasteiger partial charge in [0, 0.05) is 6.04 Å². The third kappa shape index (κ3) is 5.36. The van der Waals surface area contributed by atoms with Gasteiger partial charge in [-0.25, -0.2) is 0 Å². The molecular weight excluding hydrogens is 206 g/mol. The van der Waals surface area contributed by atoms with E-state index < -0.39 is 0 Å². The lowest BCUT2D eigenvalue weighted by atomic mass is 9.96. The number of nitrogens with one attached hydrogen (secondary N) is 1. The first kappa shape index (κ1) is 14.2. The zero-order valence-electron chi connectivity index (χ0n) is 11.6. The normalized spacial score (nSPS) is 14.5. The molecule has 96 valence electrons. The fraction of sp³-hybridized carbons (Fsp3) is 0.625. The van der Waals surface area contributed by atoms with E-state index in [4.69, 9.17) is 0 Å². The Labute approximate surface area is 107 Å². The van der Waals surface area contributed by atoms with E-state index >= 15 is 0 Å². The minimum Gasteiger partial charge on any atom is -0.310 e. The second-order valence-corrected chi connectivity index (χ2v) is 4.97. The molecule has 1 N–H and O–H groups in total. The third-order valence-electron chi connectivity index (χ3n) is 3.54. The average Bonchev–Trinajstić information content (AvgIpc) is 2.38. The fourth-order valence-corrected chi connectivity index (χ4v) is 2.19. The van der Waals surface area contributed by atoms with E-state index in [1.165, 1.54) is 31.2 Å². The van der Waals surface area contributed by atoms with Crippen molar-refractivity contribution in [2.24, 2.45) is 5.92 Å². The van der Waals surface area contributed by atoms with Crippen LogP contribution in [-0.4, -0.2) is 6.54 Å². The smallest absolute Gasteiger partial charge is 0.0320 e. The van der Waals surface area contributed by atoms with Crippen LogP contribution in [0.5, 0.6) is 0 Å². The van der Waals surface area contributed by atoms with E-state index in [2.05, 4.69) is 56.4 Å². The van der Waals surface area contributed by atoms with E-state index in [9.17, 15) is 0 Å². The Morgan fingerprint density at radius 3 is 2.35 bits per heavy atom. The highest BCUT2D eigenvalue weighted by Crippen LogP contribution is 2.21. The van der Waals surface area contributed by atoms with Crippen LogP contribution in [0.3, 0.4) is 0 Å². The molecule has 2 unspecified atom stereocenters. The summed E-state index contributed by atoms with van der Waals surface area (Å²) >= 11 is 0. The van der Waals surface area contributed by atoms with Crippen LogP contribution in [0.25, 0.3) is 0 Å². The maximum atomic E-state index is 3.59. The number of benzene rings is 1. The number of hydrogen-bond donors (Lipinski definition) is 1. The van der Waals surface area contributed by atoms with Gasteiger partial charge in [-0.1, -0.05) is 70.4 Å². The van der Waals surface area contributed by atoms with Crippen LogP contribution in [0, 0.1) is 5.92 Å². The topological polar surface area (TPSA) is 12.0 Å². The standard InChI is InChI=1S/C16H27N/c1-4-14(3)10-9-13-16(17-5-2)15-11-7-6-8-12-15/h6-8,11-12,14,16-17H,4-5,9-10,13H2,1-3H3. The van der Waals surface area contributed by atoms with Crippen molar-refractivity contribution in [2.45, 2.75) is 52.5 Å². The second-order valence-electron chi connectivity index (χ2n) is 4.97. The van der Waals surface area contributed by atoms with Crippen molar-refractivity contribution in [3.63, 3.8) is 0 Å². The summed E-state index contributed by atoms with van der Waals surface area (Å²) in [5.41, 5.74) is 1.43. The molecule has 0 fully saturated rings. The molecule has 0 saturated carbocycles. The van der Waals surface area contributed by atoms with Crippen LogP contribution in [0.15, 0.2) is 30.3 Å². The number of hydrogen-bond acceptors (Lipinski definition) is 1. The van der Waals surface area contributed by atoms with Gasteiger partial charge in [-0.3, -0.25) is 0 Å². The van der Waals surface area contributed by atoms with Gasteiger partial charge < -0.3 is 5.32 Å². The van der Waals surface area contributed by atoms with Crippen molar-refractivity contribution in [2.75, 3.05) is 6.54 Å². The predicted molar refractivity (Wildman–Crippen MR) is 76.2 cm³/mol. The van der Waals surface area contributed by atoms with Crippen molar-refractivity contribution in [3.05, 3.63) is 35.9 Å². The first-order valence-electron chi connectivity index (χ1n) is 7.06. The highest BCUT2D eigenvalue weighted by atomic mass is 14.9. The molecule has 1 heteroatoms. The SMILES string of the molecule is CCNC(CCCC(C)CC)c1ccccc1. The van der Waals surface area contributed by atoms with E-state index in [-0.39, 0.29) is 0 Å². The molecule has 2 atom stereocenters. The molecule has 0 bridgehead atoms. The third-order valence-corrected chi connectivity index (χ3v) is 3.54. The molecule has 0 aliphatic rings.